The van der Waals surface area contributed by atoms with Gasteiger partial charge in [0.2, 0.25) is 0 Å². The summed E-state index contributed by atoms with van der Waals surface area (Å²) in [4.78, 5) is 6.07. The minimum atomic E-state index is -0.527. The van der Waals surface area contributed by atoms with Crippen LogP contribution in [0.15, 0.2) is 24.3 Å². The van der Waals surface area contributed by atoms with E-state index in [-0.39, 0.29) is 5.11 Å². The maximum Gasteiger partial charge on any atom is 0.287 e. The van der Waals surface area contributed by atoms with Gasteiger partial charge in [-0.25, -0.2) is 4.98 Å². The number of rotatable bonds is 0. The smallest absolute Gasteiger partial charge is 0.287 e. The van der Waals surface area contributed by atoms with Crippen LogP contribution in [-0.4, -0.2) is 15.1 Å². The predicted molar refractivity (Wildman–Crippen MR) is 57.0 cm³/mol. The van der Waals surface area contributed by atoms with E-state index in [4.69, 9.17) is 0 Å². The monoisotopic (exact) mass is 212 g/mol. The lowest BCUT2D eigenvalue weighted by molar-refractivity contribution is 0.556. The molecule has 0 amide bonds. The van der Waals surface area contributed by atoms with Gasteiger partial charge in [-0.15, -0.1) is 0 Å². The highest BCUT2D eigenvalue weighted by molar-refractivity contribution is 7.80. The molecule has 1 aromatic carbocycles. The SMILES string of the molecule is Fc1nc2ccccc2[nH]1.NC(N)=S. The van der Waals surface area contributed by atoms with Crippen molar-refractivity contribution < 1.29 is 4.39 Å². The number of H-pyrrole nitrogens is 1. The summed E-state index contributed by atoms with van der Waals surface area (Å²) >= 11 is 4.09. The molecule has 1 aromatic heterocycles. The molecule has 14 heavy (non-hydrogen) atoms. The summed E-state index contributed by atoms with van der Waals surface area (Å²) in [5, 5.41) is 0.000000000000000222. The molecule has 0 atom stereocenters. The van der Waals surface area contributed by atoms with Gasteiger partial charge in [-0.2, -0.15) is 4.39 Å². The largest absolute Gasteiger partial charge is 0.377 e. The van der Waals surface area contributed by atoms with Gasteiger partial charge in [0.15, 0.2) is 5.11 Å². The van der Waals surface area contributed by atoms with Crippen LogP contribution in [0.4, 0.5) is 4.39 Å². The van der Waals surface area contributed by atoms with Crippen LogP contribution < -0.4 is 11.5 Å². The molecule has 0 fully saturated rings. The van der Waals surface area contributed by atoms with E-state index in [1.165, 1.54) is 0 Å². The summed E-state index contributed by atoms with van der Waals surface area (Å²) in [6, 6.07) is 7.20. The molecule has 74 valence electrons. The van der Waals surface area contributed by atoms with E-state index in [0.717, 1.165) is 5.52 Å². The highest BCUT2D eigenvalue weighted by atomic mass is 32.1. The molecule has 0 aliphatic rings. The average Bonchev–Trinajstić information content (AvgIpc) is 2.42. The highest BCUT2D eigenvalue weighted by Gasteiger charge is 1.97. The van der Waals surface area contributed by atoms with E-state index in [0.29, 0.717) is 5.52 Å². The number of nitrogens with one attached hydrogen (secondary N) is 1. The first-order chi connectivity index (χ1) is 6.59. The Hall–Kier alpha value is -1.69. The molecule has 0 aliphatic carbocycles. The van der Waals surface area contributed by atoms with E-state index in [1.54, 1.807) is 12.1 Å². The van der Waals surface area contributed by atoms with Crippen LogP contribution in [0.1, 0.15) is 0 Å². The third-order valence-corrected chi connectivity index (χ3v) is 1.36. The van der Waals surface area contributed by atoms with Crippen molar-refractivity contribution in [2.75, 3.05) is 0 Å². The maximum absolute atomic E-state index is 12.4. The number of para-hydroxylation sites is 2. The Kier molecular flexibility index (Phi) is 3.35. The van der Waals surface area contributed by atoms with Crippen LogP contribution in [0, 0.1) is 6.08 Å². The summed E-state index contributed by atoms with van der Waals surface area (Å²) < 4.78 is 12.4. The maximum atomic E-state index is 12.4. The van der Waals surface area contributed by atoms with Crippen LogP contribution in [0.2, 0.25) is 0 Å². The second kappa shape index (κ2) is 4.52. The molecule has 6 heteroatoms. The minimum absolute atomic E-state index is 0.000000000000000222. The average molecular weight is 212 g/mol. The molecule has 0 bridgehead atoms. The lowest BCUT2D eigenvalue weighted by Gasteiger charge is -1.80. The van der Waals surface area contributed by atoms with Gasteiger partial charge < -0.3 is 16.5 Å². The summed E-state index contributed by atoms with van der Waals surface area (Å²) in [6.45, 7) is 0. The van der Waals surface area contributed by atoms with E-state index in [2.05, 4.69) is 33.7 Å². The number of halogens is 1. The van der Waals surface area contributed by atoms with E-state index < -0.39 is 6.08 Å². The van der Waals surface area contributed by atoms with Crippen molar-refractivity contribution in [2.24, 2.45) is 11.5 Å². The summed E-state index contributed by atoms with van der Waals surface area (Å²) in [5.41, 5.74) is 10.6. The topological polar surface area (TPSA) is 80.7 Å². The minimum Gasteiger partial charge on any atom is -0.377 e. The second-order valence-electron chi connectivity index (χ2n) is 2.45. The molecule has 0 spiro atoms. The zero-order chi connectivity index (χ0) is 10.6. The molecule has 0 saturated carbocycles. The first-order valence-electron chi connectivity index (χ1n) is 3.75. The Bertz CT molecular complexity index is 403. The second-order valence-corrected chi connectivity index (χ2v) is 2.92. The van der Waals surface area contributed by atoms with Crippen molar-refractivity contribution in [1.82, 2.24) is 9.97 Å². The number of thiocarbonyl (C=S) groups is 1. The fourth-order valence-corrected chi connectivity index (χ4v) is 0.922. The third-order valence-electron chi connectivity index (χ3n) is 1.36. The highest BCUT2D eigenvalue weighted by Crippen LogP contribution is 2.08. The molecule has 2 rings (SSSR count). The number of fused-ring (bicyclic) bond motifs is 1. The first-order valence-corrected chi connectivity index (χ1v) is 4.15. The number of hydrogen-bond donors (Lipinski definition) is 3. The summed E-state index contributed by atoms with van der Waals surface area (Å²) in [6.07, 6.45) is -0.527. The molecule has 0 aliphatic heterocycles. The van der Waals surface area contributed by atoms with Crippen molar-refractivity contribution >= 4 is 28.4 Å². The zero-order valence-electron chi connectivity index (χ0n) is 7.20. The van der Waals surface area contributed by atoms with E-state index in [9.17, 15) is 4.39 Å². The van der Waals surface area contributed by atoms with Crippen LogP contribution >= 0.6 is 12.2 Å². The van der Waals surface area contributed by atoms with Gasteiger partial charge in [-0.1, -0.05) is 12.1 Å². The molecule has 0 radical (unpaired) electrons. The molecule has 4 nitrogen and oxygen atoms in total. The van der Waals surface area contributed by atoms with Crippen molar-refractivity contribution in [2.45, 2.75) is 0 Å². The van der Waals surface area contributed by atoms with Gasteiger partial charge in [-0.3, -0.25) is 0 Å². The van der Waals surface area contributed by atoms with Gasteiger partial charge >= 0.3 is 0 Å². The number of imidazole rings is 1. The Labute approximate surface area is 85.1 Å². The Morgan fingerprint density at radius 1 is 1.36 bits per heavy atom. The zero-order valence-corrected chi connectivity index (χ0v) is 8.01. The van der Waals surface area contributed by atoms with Crippen molar-refractivity contribution in [3.8, 4) is 0 Å². The van der Waals surface area contributed by atoms with Crippen molar-refractivity contribution in [3.05, 3.63) is 30.3 Å². The van der Waals surface area contributed by atoms with E-state index in [1.807, 2.05) is 12.1 Å². The number of aromatic nitrogens is 2. The Morgan fingerprint density at radius 3 is 2.50 bits per heavy atom. The number of nitrogens with two attached hydrogens (primary N) is 2. The number of aromatic amines is 1. The number of benzene rings is 1. The molecule has 2 aromatic rings. The fourth-order valence-electron chi connectivity index (χ4n) is 0.922. The fraction of sp³-hybridized carbons (Fsp3) is 0. The quantitative estimate of drug-likeness (QED) is 0.566. The Balaban J connectivity index is 0.000000213. The van der Waals surface area contributed by atoms with E-state index >= 15 is 0 Å². The lowest BCUT2D eigenvalue weighted by atomic mass is 10.3. The molecule has 0 unspecified atom stereocenters. The summed E-state index contributed by atoms with van der Waals surface area (Å²) in [7, 11) is 0. The predicted octanol–water partition coefficient (Wildman–Crippen LogP) is 0.891. The van der Waals surface area contributed by atoms with Crippen molar-refractivity contribution in [1.29, 1.82) is 0 Å². The van der Waals surface area contributed by atoms with Crippen LogP contribution in [0.25, 0.3) is 11.0 Å². The standard InChI is InChI=1S/C7H5FN2.CH4N2S/c8-7-9-5-3-1-2-4-6(5)10-7;2-1(3)4/h1-4H,(H,9,10);(H4,2,3,4). The van der Waals surface area contributed by atoms with Gasteiger partial charge in [0.25, 0.3) is 6.08 Å². The van der Waals surface area contributed by atoms with Crippen molar-refractivity contribution in [3.63, 3.8) is 0 Å². The van der Waals surface area contributed by atoms with Gasteiger partial charge in [0.1, 0.15) is 0 Å². The van der Waals surface area contributed by atoms with Crippen LogP contribution in [0.3, 0.4) is 0 Å². The van der Waals surface area contributed by atoms with Gasteiger partial charge in [0, 0.05) is 0 Å². The lowest BCUT2D eigenvalue weighted by Crippen LogP contribution is -2.18. The molecular weight excluding hydrogens is 203 g/mol. The molecular formula is C8H9FN4S. The third kappa shape index (κ3) is 2.98. The summed E-state index contributed by atoms with van der Waals surface area (Å²) in [5.74, 6) is 0. The number of nitrogens with zero attached hydrogens (tertiary/aromatic N) is 1. The Morgan fingerprint density at radius 2 is 1.93 bits per heavy atom. The molecule has 1 heterocycles. The molecule has 0 saturated heterocycles. The van der Waals surface area contributed by atoms with Crippen LogP contribution in [0.5, 0.6) is 0 Å². The van der Waals surface area contributed by atoms with Gasteiger partial charge in [-0.05, 0) is 24.4 Å². The first kappa shape index (κ1) is 10.4. The number of hydrogen-bond acceptors (Lipinski definition) is 2. The van der Waals surface area contributed by atoms with Crippen LogP contribution in [-0.2, 0) is 0 Å². The van der Waals surface area contributed by atoms with Gasteiger partial charge in [0.05, 0.1) is 11.0 Å². The molecule has 5 N–H and O–H groups in total. The normalized spacial score (nSPS) is 9.21.